The van der Waals surface area contributed by atoms with Gasteiger partial charge in [0.15, 0.2) is 0 Å². The van der Waals surface area contributed by atoms with Crippen molar-refractivity contribution in [1.82, 2.24) is 15.3 Å². The van der Waals surface area contributed by atoms with Crippen molar-refractivity contribution in [2.75, 3.05) is 20.8 Å². The molecule has 2 rings (SSSR count). The molecule has 0 unspecified atom stereocenters. The van der Waals surface area contributed by atoms with Crippen molar-refractivity contribution in [1.29, 1.82) is 0 Å². The maximum absolute atomic E-state index is 5.68. The normalized spacial score (nSPS) is 10.6. The third kappa shape index (κ3) is 4.51. The Balaban J connectivity index is 2.02. The van der Waals surface area contributed by atoms with Gasteiger partial charge < -0.3 is 14.8 Å². The minimum absolute atomic E-state index is 0.372. The first-order valence-corrected chi connectivity index (χ1v) is 6.95. The van der Waals surface area contributed by atoms with Gasteiger partial charge in [-0.3, -0.25) is 0 Å². The number of hydrogen-bond donors (Lipinski definition) is 1. The second-order valence-electron chi connectivity index (χ2n) is 4.78. The molecule has 5 heteroatoms. The molecule has 1 heterocycles. The Hall–Kier alpha value is -1.98. The fourth-order valence-electron chi connectivity index (χ4n) is 1.93. The van der Waals surface area contributed by atoms with Gasteiger partial charge in [-0.05, 0) is 38.1 Å². The SMILES string of the molecule is CNCc1cnc(Oc2ccc(CCOC)cc2)nc1C. The van der Waals surface area contributed by atoms with Crippen LogP contribution < -0.4 is 10.1 Å². The molecule has 0 radical (unpaired) electrons. The summed E-state index contributed by atoms with van der Waals surface area (Å²) in [6, 6.07) is 8.26. The topological polar surface area (TPSA) is 56.3 Å². The number of benzene rings is 1. The molecule has 1 aromatic carbocycles. The lowest BCUT2D eigenvalue weighted by Crippen LogP contribution is -2.08. The molecular formula is C16H21N3O2. The van der Waals surface area contributed by atoms with Crippen LogP contribution in [0, 0.1) is 6.92 Å². The van der Waals surface area contributed by atoms with Crippen molar-refractivity contribution in [3.63, 3.8) is 0 Å². The monoisotopic (exact) mass is 287 g/mol. The van der Waals surface area contributed by atoms with Crippen LogP contribution in [0.1, 0.15) is 16.8 Å². The summed E-state index contributed by atoms with van der Waals surface area (Å²) >= 11 is 0. The molecule has 0 spiro atoms. The predicted octanol–water partition coefficient (Wildman–Crippen LogP) is 2.49. The van der Waals surface area contributed by atoms with Gasteiger partial charge in [0, 0.05) is 31.1 Å². The molecule has 0 aliphatic rings. The van der Waals surface area contributed by atoms with Gasteiger partial charge in [0.1, 0.15) is 5.75 Å². The Morgan fingerprint density at radius 2 is 1.95 bits per heavy atom. The summed E-state index contributed by atoms with van der Waals surface area (Å²) in [5.74, 6) is 0.733. The maximum Gasteiger partial charge on any atom is 0.322 e. The van der Waals surface area contributed by atoms with Gasteiger partial charge in [0.2, 0.25) is 0 Å². The zero-order chi connectivity index (χ0) is 15.1. The Morgan fingerprint density at radius 3 is 2.57 bits per heavy atom. The minimum atomic E-state index is 0.372. The smallest absolute Gasteiger partial charge is 0.322 e. The largest absolute Gasteiger partial charge is 0.424 e. The van der Waals surface area contributed by atoms with Crippen molar-refractivity contribution in [3.8, 4) is 11.8 Å². The van der Waals surface area contributed by atoms with E-state index in [1.54, 1.807) is 13.3 Å². The van der Waals surface area contributed by atoms with Crippen molar-refractivity contribution in [2.24, 2.45) is 0 Å². The van der Waals surface area contributed by atoms with E-state index in [9.17, 15) is 0 Å². The summed E-state index contributed by atoms with van der Waals surface area (Å²) in [5.41, 5.74) is 3.21. The third-order valence-electron chi connectivity index (χ3n) is 3.15. The Kier molecular flexibility index (Phi) is 5.66. The van der Waals surface area contributed by atoms with Crippen LogP contribution in [-0.2, 0) is 17.7 Å². The average Bonchev–Trinajstić information content (AvgIpc) is 2.49. The minimum Gasteiger partial charge on any atom is -0.424 e. The van der Waals surface area contributed by atoms with E-state index < -0.39 is 0 Å². The molecule has 21 heavy (non-hydrogen) atoms. The van der Waals surface area contributed by atoms with Gasteiger partial charge >= 0.3 is 6.01 Å². The summed E-state index contributed by atoms with van der Waals surface area (Å²) in [6.45, 7) is 3.42. The standard InChI is InChI=1S/C16H21N3O2/c1-12-14(10-17-2)11-18-16(19-12)21-15-6-4-13(5-7-15)8-9-20-3/h4-7,11,17H,8-10H2,1-3H3. The molecule has 5 nitrogen and oxygen atoms in total. The molecule has 0 amide bonds. The van der Waals surface area contributed by atoms with E-state index in [-0.39, 0.29) is 0 Å². The highest BCUT2D eigenvalue weighted by Gasteiger charge is 2.05. The average molecular weight is 287 g/mol. The molecule has 0 bridgehead atoms. The molecule has 1 N–H and O–H groups in total. The molecule has 0 fully saturated rings. The molecule has 0 aliphatic carbocycles. The van der Waals surface area contributed by atoms with Crippen LogP contribution in [0.25, 0.3) is 0 Å². The quantitative estimate of drug-likeness (QED) is 0.848. The van der Waals surface area contributed by atoms with Crippen molar-refractivity contribution >= 4 is 0 Å². The van der Waals surface area contributed by atoms with Gasteiger partial charge in [0.25, 0.3) is 0 Å². The van der Waals surface area contributed by atoms with Crippen molar-refractivity contribution < 1.29 is 9.47 Å². The summed E-state index contributed by atoms with van der Waals surface area (Å²) in [5, 5.41) is 3.09. The second kappa shape index (κ2) is 7.71. The van der Waals surface area contributed by atoms with E-state index in [1.807, 2.05) is 38.2 Å². The highest BCUT2D eigenvalue weighted by Crippen LogP contribution is 2.19. The highest BCUT2D eigenvalue weighted by atomic mass is 16.5. The van der Waals surface area contributed by atoms with Crippen molar-refractivity contribution in [3.05, 3.63) is 47.3 Å². The Labute approximate surface area is 125 Å². The lowest BCUT2D eigenvalue weighted by Gasteiger charge is -2.08. The number of aryl methyl sites for hydroxylation is 1. The number of aromatic nitrogens is 2. The second-order valence-corrected chi connectivity index (χ2v) is 4.78. The summed E-state index contributed by atoms with van der Waals surface area (Å²) in [6.07, 6.45) is 2.69. The first kappa shape index (κ1) is 15.4. The van der Waals surface area contributed by atoms with E-state index in [1.165, 1.54) is 5.56 Å². The van der Waals surface area contributed by atoms with E-state index in [0.717, 1.165) is 36.6 Å². The van der Waals surface area contributed by atoms with E-state index in [0.29, 0.717) is 6.01 Å². The maximum atomic E-state index is 5.68. The summed E-state index contributed by atoms with van der Waals surface area (Å²) in [7, 11) is 3.60. The first-order chi connectivity index (χ1) is 10.2. The van der Waals surface area contributed by atoms with Gasteiger partial charge in [-0.25, -0.2) is 4.98 Å². The first-order valence-electron chi connectivity index (χ1n) is 6.95. The highest BCUT2D eigenvalue weighted by molar-refractivity contribution is 5.30. The van der Waals surface area contributed by atoms with Gasteiger partial charge in [0.05, 0.1) is 6.61 Å². The van der Waals surface area contributed by atoms with Crippen LogP contribution in [0.3, 0.4) is 0 Å². The fourth-order valence-corrected chi connectivity index (χ4v) is 1.93. The van der Waals surface area contributed by atoms with Gasteiger partial charge in [-0.15, -0.1) is 0 Å². The molecule has 0 saturated heterocycles. The lowest BCUT2D eigenvalue weighted by atomic mass is 10.1. The number of hydrogen-bond acceptors (Lipinski definition) is 5. The zero-order valence-corrected chi connectivity index (χ0v) is 12.7. The summed E-state index contributed by atoms with van der Waals surface area (Å²) in [4.78, 5) is 8.60. The number of ether oxygens (including phenoxy) is 2. The van der Waals surface area contributed by atoms with Crippen LogP contribution in [-0.4, -0.2) is 30.7 Å². The van der Waals surface area contributed by atoms with Crippen LogP contribution in [0.15, 0.2) is 30.5 Å². The van der Waals surface area contributed by atoms with Gasteiger partial charge in [-0.1, -0.05) is 12.1 Å². The molecule has 0 atom stereocenters. The zero-order valence-electron chi connectivity index (χ0n) is 12.7. The number of rotatable bonds is 7. The Morgan fingerprint density at radius 1 is 1.19 bits per heavy atom. The summed E-state index contributed by atoms with van der Waals surface area (Å²) < 4.78 is 10.7. The number of nitrogens with zero attached hydrogens (tertiary/aromatic N) is 2. The van der Waals surface area contributed by atoms with Gasteiger partial charge in [-0.2, -0.15) is 4.98 Å². The molecule has 112 valence electrons. The van der Waals surface area contributed by atoms with Crippen molar-refractivity contribution in [2.45, 2.75) is 19.9 Å². The molecule has 1 aromatic heterocycles. The number of methoxy groups -OCH3 is 1. The van der Waals surface area contributed by atoms with Crippen LogP contribution in [0.4, 0.5) is 0 Å². The molecular weight excluding hydrogens is 266 g/mol. The third-order valence-corrected chi connectivity index (χ3v) is 3.15. The van der Waals surface area contributed by atoms with Crippen LogP contribution in [0.5, 0.6) is 11.8 Å². The molecule has 0 aliphatic heterocycles. The van der Waals surface area contributed by atoms with E-state index in [2.05, 4.69) is 15.3 Å². The lowest BCUT2D eigenvalue weighted by molar-refractivity contribution is 0.202. The van der Waals surface area contributed by atoms with Crippen LogP contribution in [0.2, 0.25) is 0 Å². The fraction of sp³-hybridized carbons (Fsp3) is 0.375. The number of nitrogens with one attached hydrogen (secondary N) is 1. The molecule has 2 aromatic rings. The van der Waals surface area contributed by atoms with Crippen LogP contribution >= 0.6 is 0 Å². The molecule has 0 saturated carbocycles. The van der Waals surface area contributed by atoms with E-state index >= 15 is 0 Å². The van der Waals surface area contributed by atoms with E-state index in [4.69, 9.17) is 9.47 Å². The predicted molar refractivity (Wildman–Crippen MR) is 81.6 cm³/mol. The Bertz CT molecular complexity index is 570.